The standard InChI is InChI=1S/C26H28ClN3O4/c27-18-2-4-22-21(14-18)26(25(32)28-22)7-9-29(10-8-26)11-12-34-20-3-5-23-17(13-20)1-6-24(31)30(23)19-15-33-16-19/h2-5,13-14,19H,1,6-12,15-16H2,(H,28,32). The summed E-state index contributed by atoms with van der Waals surface area (Å²) in [6.07, 6.45) is 2.83. The third-order valence-electron chi connectivity index (χ3n) is 7.74. The van der Waals surface area contributed by atoms with Gasteiger partial charge in [0.25, 0.3) is 0 Å². The number of carbonyl (C=O) groups is 2. The molecule has 6 rings (SSSR count). The van der Waals surface area contributed by atoms with E-state index >= 15 is 0 Å². The van der Waals surface area contributed by atoms with E-state index in [4.69, 9.17) is 21.1 Å². The van der Waals surface area contributed by atoms with E-state index in [0.717, 1.165) is 67.1 Å². The lowest BCUT2D eigenvalue weighted by Crippen LogP contribution is -2.53. The number of likely N-dealkylation sites (tertiary alicyclic amines) is 1. The van der Waals surface area contributed by atoms with Gasteiger partial charge in [-0.3, -0.25) is 14.5 Å². The van der Waals surface area contributed by atoms with E-state index in [9.17, 15) is 9.59 Å². The predicted molar refractivity (Wildman–Crippen MR) is 130 cm³/mol. The van der Waals surface area contributed by atoms with Gasteiger partial charge in [0, 0.05) is 29.4 Å². The van der Waals surface area contributed by atoms with Crippen molar-refractivity contribution in [3.8, 4) is 5.75 Å². The number of amides is 2. The number of hydrogen-bond acceptors (Lipinski definition) is 5. The van der Waals surface area contributed by atoms with Gasteiger partial charge in [-0.1, -0.05) is 11.6 Å². The van der Waals surface area contributed by atoms with Crippen molar-refractivity contribution in [1.29, 1.82) is 0 Å². The summed E-state index contributed by atoms with van der Waals surface area (Å²) in [6.45, 7) is 4.29. The number of carbonyl (C=O) groups excluding carboxylic acids is 2. The summed E-state index contributed by atoms with van der Waals surface area (Å²) in [5, 5.41) is 3.71. The molecule has 34 heavy (non-hydrogen) atoms. The summed E-state index contributed by atoms with van der Waals surface area (Å²) < 4.78 is 11.4. The molecule has 0 unspecified atom stereocenters. The minimum atomic E-state index is -0.467. The molecule has 2 amide bonds. The number of ether oxygens (including phenoxy) is 2. The molecule has 2 fully saturated rings. The molecule has 4 aliphatic heterocycles. The molecule has 0 atom stereocenters. The Morgan fingerprint density at radius 1 is 1.09 bits per heavy atom. The van der Waals surface area contributed by atoms with E-state index < -0.39 is 5.41 Å². The van der Waals surface area contributed by atoms with Gasteiger partial charge < -0.3 is 19.7 Å². The van der Waals surface area contributed by atoms with Gasteiger partial charge in [-0.15, -0.1) is 0 Å². The lowest BCUT2D eigenvalue weighted by molar-refractivity contribution is -0.123. The minimum Gasteiger partial charge on any atom is -0.492 e. The van der Waals surface area contributed by atoms with Crippen LogP contribution in [0, 0.1) is 0 Å². The maximum Gasteiger partial charge on any atom is 0.235 e. The molecule has 2 aromatic rings. The van der Waals surface area contributed by atoms with Crippen LogP contribution in [0.15, 0.2) is 36.4 Å². The highest BCUT2D eigenvalue weighted by Gasteiger charge is 2.48. The second-order valence-corrected chi connectivity index (χ2v) is 10.1. The Morgan fingerprint density at radius 2 is 1.91 bits per heavy atom. The first-order chi connectivity index (χ1) is 16.5. The first-order valence-corrected chi connectivity index (χ1v) is 12.4. The first-order valence-electron chi connectivity index (χ1n) is 12.0. The van der Waals surface area contributed by atoms with Crippen LogP contribution in [-0.4, -0.2) is 62.2 Å². The Kier molecular flexibility index (Phi) is 5.51. The second kappa shape index (κ2) is 8.56. The number of hydrogen-bond donors (Lipinski definition) is 1. The highest BCUT2D eigenvalue weighted by molar-refractivity contribution is 6.31. The van der Waals surface area contributed by atoms with Gasteiger partial charge in [0.2, 0.25) is 11.8 Å². The van der Waals surface area contributed by atoms with Crippen LogP contribution in [0.3, 0.4) is 0 Å². The van der Waals surface area contributed by atoms with Crippen LogP contribution in [0.25, 0.3) is 0 Å². The number of nitrogens with one attached hydrogen (secondary N) is 1. The molecule has 2 aromatic carbocycles. The Bertz CT molecular complexity index is 1140. The van der Waals surface area contributed by atoms with Crippen LogP contribution >= 0.6 is 11.6 Å². The highest BCUT2D eigenvalue weighted by atomic mass is 35.5. The molecule has 0 aromatic heterocycles. The zero-order chi connectivity index (χ0) is 23.3. The second-order valence-electron chi connectivity index (χ2n) is 9.66. The van der Waals surface area contributed by atoms with E-state index in [-0.39, 0.29) is 17.9 Å². The van der Waals surface area contributed by atoms with Crippen molar-refractivity contribution < 1.29 is 19.1 Å². The van der Waals surface area contributed by atoms with Crippen molar-refractivity contribution in [2.45, 2.75) is 37.1 Å². The Labute approximate surface area is 203 Å². The normalized spacial score (nSPS) is 21.7. The summed E-state index contributed by atoms with van der Waals surface area (Å²) in [4.78, 5) is 29.5. The number of piperidine rings is 1. The van der Waals surface area contributed by atoms with Crippen molar-refractivity contribution in [3.05, 3.63) is 52.5 Å². The quantitative estimate of drug-likeness (QED) is 0.709. The fourth-order valence-corrected chi connectivity index (χ4v) is 5.86. The maximum absolute atomic E-state index is 12.8. The molecule has 2 saturated heterocycles. The average Bonchev–Trinajstić information content (AvgIpc) is 3.06. The number of halogens is 1. The molecule has 4 aliphatic rings. The molecule has 0 radical (unpaired) electrons. The summed E-state index contributed by atoms with van der Waals surface area (Å²) in [6, 6.07) is 11.9. The monoisotopic (exact) mass is 481 g/mol. The number of rotatable bonds is 5. The lowest BCUT2D eigenvalue weighted by atomic mass is 9.73. The summed E-state index contributed by atoms with van der Waals surface area (Å²) in [7, 11) is 0. The van der Waals surface area contributed by atoms with Crippen molar-refractivity contribution >= 4 is 34.8 Å². The maximum atomic E-state index is 12.8. The molecule has 4 heterocycles. The molecule has 0 saturated carbocycles. The van der Waals surface area contributed by atoms with Gasteiger partial charge in [-0.05, 0) is 79.9 Å². The molecule has 0 bridgehead atoms. The van der Waals surface area contributed by atoms with E-state index in [1.807, 2.05) is 35.2 Å². The van der Waals surface area contributed by atoms with Gasteiger partial charge in [-0.2, -0.15) is 0 Å². The number of anilines is 2. The lowest BCUT2D eigenvalue weighted by Gasteiger charge is -2.40. The smallest absolute Gasteiger partial charge is 0.235 e. The van der Waals surface area contributed by atoms with Crippen LogP contribution < -0.4 is 15.0 Å². The van der Waals surface area contributed by atoms with E-state index in [0.29, 0.717) is 31.3 Å². The van der Waals surface area contributed by atoms with Gasteiger partial charge in [0.05, 0.1) is 24.7 Å². The third-order valence-corrected chi connectivity index (χ3v) is 7.97. The molecule has 1 spiro atoms. The topological polar surface area (TPSA) is 71.1 Å². The van der Waals surface area contributed by atoms with Crippen LogP contribution in [-0.2, 0) is 26.2 Å². The molecule has 8 heteroatoms. The molecular weight excluding hydrogens is 454 g/mol. The largest absolute Gasteiger partial charge is 0.492 e. The Morgan fingerprint density at radius 3 is 2.68 bits per heavy atom. The van der Waals surface area contributed by atoms with E-state index in [2.05, 4.69) is 16.3 Å². The number of fused-ring (bicyclic) bond motifs is 3. The number of benzene rings is 2. The van der Waals surface area contributed by atoms with E-state index in [1.54, 1.807) is 0 Å². The van der Waals surface area contributed by atoms with Crippen molar-refractivity contribution in [2.75, 3.05) is 49.7 Å². The van der Waals surface area contributed by atoms with Gasteiger partial charge in [0.15, 0.2) is 0 Å². The zero-order valence-electron chi connectivity index (χ0n) is 19.0. The van der Waals surface area contributed by atoms with Gasteiger partial charge in [-0.25, -0.2) is 0 Å². The fourth-order valence-electron chi connectivity index (χ4n) is 5.69. The van der Waals surface area contributed by atoms with Crippen LogP contribution in [0.5, 0.6) is 5.75 Å². The first kappa shape index (κ1) is 21.9. The molecule has 178 valence electrons. The van der Waals surface area contributed by atoms with Crippen molar-refractivity contribution in [1.82, 2.24) is 4.90 Å². The van der Waals surface area contributed by atoms with Gasteiger partial charge >= 0.3 is 0 Å². The molecule has 1 N–H and O–H groups in total. The Balaban J connectivity index is 1.05. The fraction of sp³-hybridized carbons (Fsp3) is 0.462. The molecule has 0 aliphatic carbocycles. The van der Waals surface area contributed by atoms with Crippen LogP contribution in [0.1, 0.15) is 30.4 Å². The summed E-state index contributed by atoms with van der Waals surface area (Å²) in [5.74, 6) is 1.11. The third kappa shape index (κ3) is 3.67. The number of aryl methyl sites for hydroxylation is 1. The summed E-state index contributed by atoms with van der Waals surface area (Å²) in [5.41, 5.74) is 3.62. The molecular formula is C26H28ClN3O4. The van der Waals surface area contributed by atoms with Gasteiger partial charge in [0.1, 0.15) is 12.4 Å². The van der Waals surface area contributed by atoms with Crippen LogP contribution in [0.2, 0.25) is 5.02 Å². The zero-order valence-corrected chi connectivity index (χ0v) is 19.8. The minimum absolute atomic E-state index is 0.0933. The highest BCUT2D eigenvalue weighted by Crippen LogP contribution is 2.45. The summed E-state index contributed by atoms with van der Waals surface area (Å²) >= 11 is 6.22. The Hall–Kier alpha value is -2.61. The number of nitrogens with zero attached hydrogens (tertiary/aromatic N) is 2. The van der Waals surface area contributed by atoms with Crippen molar-refractivity contribution in [2.24, 2.45) is 0 Å². The SMILES string of the molecule is O=C1CCc2cc(OCCN3CCC4(CC3)C(=O)Nc3ccc(Cl)cc34)ccc2N1C1COC1. The predicted octanol–water partition coefficient (Wildman–Crippen LogP) is 3.38. The van der Waals surface area contributed by atoms with E-state index in [1.165, 1.54) is 0 Å². The van der Waals surface area contributed by atoms with Crippen LogP contribution in [0.4, 0.5) is 11.4 Å². The van der Waals surface area contributed by atoms with Crippen molar-refractivity contribution in [3.63, 3.8) is 0 Å². The molecule has 7 nitrogen and oxygen atoms in total. The average molecular weight is 482 g/mol.